The molecule has 0 unspecified atom stereocenters. The highest BCUT2D eigenvalue weighted by atomic mass is 16.3. The van der Waals surface area contributed by atoms with Crippen molar-refractivity contribution in [3.63, 3.8) is 0 Å². The standard InChI is InChI=1S/C3H6O2/c4-2-1-3-5/h1-2,4-5H,3H2/b2-1+. The van der Waals surface area contributed by atoms with Gasteiger partial charge in [0, 0.05) is 0 Å². The van der Waals surface area contributed by atoms with E-state index in [1.54, 1.807) is 0 Å². The van der Waals surface area contributed by atoms with Crippen LogP contribution in [-0.4, -0.2) is 16.8 Å². The molecule has 2 nitrogen and oxygen atoms in total. The van der Waals surface area contributed by atoms with Crippen molar-refractivity contribution in [2.75, 3.05) is 6.61 Å². The average Bonchev–Trinajstić information content (AvgIpc) is 1.41. The van der Waals surface area contributed by atoms with Gasteiger partial charge in [0.15, 0.2) is 0 Å². The van der Waals surface area contributed by atoms with E-state index in [2.05, 4.69) is 0 Å². The van der Waals surface area contributed by atoms with E-state index in [1.165, 1.54) is 6.08 Å². The molecule has 2 N–H and O–H groups in total. The molecule has 0 aliphatic heterocycles. The molecular weight excluding hydrogens is 68.0 g/mol. The van der Waals surface area contributed by atoms with Gasteiger partial charge in [0.05, 0.1) is 12.9 Å². The molecule has 0 amide bonds. The van der Waals surface area contributed by atoms with Gasteiger partial charge in [-0.15, -0.1) is 0 Å². The van der Waals surface area contributed by atoms with Gasteiger partial charge < -0.3 is 10.2 Å². The van der Waals surface area contributed by atoms with Crippen LogP contribution in [0.2, 0.25) is 0 Å². The Bertz CT molecular complexity index is 31.9. The molecule has 0 rings (SSSR count). The van der Waals surface area contributed by atoms with Crippen molar-refractivity contribution < 1.29 is 10.2 Å². The van der Waals surface area contributed by atoms with Crippen molar-refractivity contribution in [3.8, 4) is 0 Å². The third-order valence-corrected chi connectivity index (χ3v) is 0.211. The van der Waals surface area contributed by atoms with Crippen LogP contribution in [0.25, 0.3) is 0 Å². The Balaban J connectivity index is 2.62. The second kappa shape index (κ2) is 3.50. The molecular formula is C3H6O2. The molecule has 0 saturated heterocycles. The first-order chi connectivity index (χ1) is 2.41. The van der Waals surface area contributed by atoms with E-state index in [1.807, 2.05) is 0 Å². The van der Waals surface area contributed by atoms with Crippen LogP contribution in [-0.2, 0) is 0 Å². The number of aliphatic hydroxyl groups is 2. The molecule has 5 heavy (non-hydrogen) atoms. The van der Waals surface area contributed by atoms with Crippen molar-refractivity contribution in [3.05, 3.63) is 12.3 Å². The molecule has 0 aromatic carbocycles. The van der Waals surface area contributed by atoms with E-state index >= 15 is 0 Å². The van der Waals surface area contributed by atoms with Crippen molar-refractivity contribution in [2.45, 2.75) is 0 Å². The summed E-state index contributed by atoms with van der Waals surface area (Å²) >= 11 is 0. The molecule has 0 spiro atoms. The van der Waals surface area contributed by atoms with E-state index in [-0.39, 0.29) is 6.61 Å². The van der Waals surface area contributed by atoms with Crippen LogP contribution in [0.5, 0.6) is 0 Å². The van der Waals surface area contributed by atoms with Gasteiger partial charge >= 0.3 is 0 Å². The summed E-state index contributed by atoms with van der Waals surface area (Å²) < 4.78 is 0. The van der Waals surface area contributed by atoms with E-state index in [4.69, 9.17) is 10.2 Å². The highest BCUT2D eigenvalue weighted by Gasteiger charge is 1.54. The Hall–Kier alpha value is -0.500. The van der Waals surface area contributed by atoms with Gasteiger partial charge in [-0.05, 0) is 6.08 Å². The van der Waals surface area contributed by atoms with Crippen molar-refractivity contribution >= 4 is 0 Å². The summed E-state index contributed by atoms with van der Waals surface area (Å²) in [5.74, 6) is 0. The summed E-state index contributed by atoms with van der Waals surface area (Å²) in [6.07, 6.45) is 2.04. The second-order valence-corrected chi connectivity index (χ2v) is 0.567. The zero-order valence-corrected chi connectivity index (χ0v) is 2.76. The molecule has 0 saturated carbocycles. The van der Waals surface area contributed by atoms with E-state index < -0.39 is 0 Å². The lowest BCUT2D eigenvalue weighted by Crippen LogP contribution is -1.66. The molecule has 0 fully saturated rings. The highest BCUT2D eigenvalue weighted by molar-refractivity contribution is 4.67. The lowest BCUT2D eigenvalue weighted by Gasteiger charge is -1.66. The number of aliphatic hydroxyl groups excluding tert-OH is 2. The van der Waals surface area contributed by atoms with Crippen LogP contribution in [0.3, 0.4) is 0 Å². The van der Waals surface area contributed by atoms with Gasteiger partial charge in [-0.1, -0.05) is 0 Å². The van der Waals surface area contributed by atoms with Gasteiger partial charge in [-0.3, -0.25) is 0 Å². The maximum atomic E-state index is 7.82. The third-order valence-electron chi connectivity index (χ3n) is 0.211. The number of rotatable bonds is 1. The first-order valence-electron chi connectivity index (χ1n) is 1.32. The largest absolute Gasteiger partial charge is 0.516 e. The van der Waals surface area contributed by atoms with E-state index in [9.17, 15) is 0 Å². The summed E-state index contributed by atoms with van der Waals surface area (Å²) in [6.45, 7) is -0.0868. The quantitative estimate of drug-likeness (QED) is 0.431. The maximum Gasteiger partial charge on any atom is 0.0774 e. The van der Waals surface area contributed by atoms with Crippen molar-refractivity contribution in [1.29, 1.82) is 0 Å². The lowest BCUT2D eigenvalue weighted by molar-refractivity contribution is 0.337. The predicted octanol–water partition coefficient (Wildman–Crippen LogP) is 0.0504. The summed E-state index contributed by atoms with van der Waals surface area (Å²) in [7, 11) is 0. The topological polar surface area (TPSA) is 40.5 Å². The van der Waals surface area contributed by atoms with Crippen LogP contribution in [0, 0.1) is 0 Å². The molecule has 0 atom stereocenters. The fourth-order valence-corrected chi connectivity index (χ4v) is 0.0471. The normalized spacial score (nSPS) is 9.80. The zero-order valence-electron chi connectivity index (χ0n) is 2.76. The molecule has 0 aliphatic carbocycles. The van der Waals surface area contributed by atoms with E-state index in [0.717, 1.165) is 6.26 Å². The monoisotopic (exact) mass is 74.0 g/mol. The Morgan fingerprint density at radius 2 is 2.20 bits per heavy atom. The second-order valence-electron chi connectivity index (χ2n) is 0.567. The maximum absolute atomic E-state index is 7.82. The summed E-state index contributed by atoms with van der Waals surface area (Å²) in [5.41, 5.74) is 0. The Morgan fingerprint density at radius 1 is 1.60 bits per heavy atom. The Labute approximate surface area is 30.4 Å². The summed E-state index contributed by atoms with van der Waals surface area (Å²) in [6, 6.07) is 0. The van der Waals surface area contributed by atoms with Crippen molar-refractivity contribution in [2.24, 2.45) is 0 Å². The smallest absolute Gasteiger partial charge is 0.0774 e. The first kappa shape index (κ1) is 4.50. The summed E-state index contributed by atoms with van der Waals surface area (Å²) in [4.78, 5) is 0. The number of hydrogen-bond donors (Lipinski definition) is 2. The van der Waals surface area contributed by atoms with Crippen molar-refractivity contribution in [1.82, 2.24) is 0 Å². The zero-order chi connectivity index (χ0) is 4.12. The fraction of sp³-hybridized carbons (Fsp3) is 0.333. The molecule has 2 heteroatoms. The SMILES string of the molecule is O/C=C/CO. The van der Waals surface area contributed by atoms with Crippen LogP contribution >= 0.6 is 0 Å². The minimum absolute atomic E-state index is 0.0868. The molecule has 0 aromatic heterocycles. The van der Waals surface area contributed by atoms with Gasteiger partial charge in [0.1, 0.15) is 0 Å². The first-order valence-corrected chi connectivity index (χ1v) is 1.32. The molecule has 30 valence electrons. The average molecular weight is 74.1 g/mol. The summed E-state index contributed by atoms with van der Waals surface area (Å²) in [5, 5.41) is 15.5. The molecule has 0 aliphatic rings. The molecule has 0 heterocycles. The van der Waals surface area contributed by atoms with Crippen LogP contribution < -0.4 is 0 Å². The van der Waals surface area contributed by atoms with Gasteiger partial charge in [0.2, 0.25) is 0 Å². The minimum atomic E-state index is -0.0868. The van der Waals surface area contributed by atoms with Gasteiger partial charge in [0.25, 0.3) is 0 Å². The van der Waals surface area contributed by atoms with Crippen LogP contribution in [0.4, 0.5) is 0 Å². The fourth-order valence-electron chi connectivity index (χ4n) is 0.0471. The lowest BCUT2D eigenvalue weighted by atomic mass is 10.7. The molecule has 0 aromatic rings. The predicted molar refractivity (Wildman–Crippen MR) is 18.9 cm³/mol. The minimum Gasteiger partial charge on any atom is -0.516 e. The third kappa shape index (κ3) is 3.50. The van der Waals surface area contributed by atoms with E-state index in [0.29, 0.717) is 0 Å². The van der Waals surface area contributed by atoms with Gasteiger partial charge in [-0.2, -0.15) is 0 Å². The molecule has 0 bridgehead atoms. The van der Waals surface area contributed by atoms with Gasteiger partial charge in [-0.25, -0.2) is 0 Å². The Morgan fingerprint density at radius 3 is 2.20 bits per heavy atom. The number of hydrogen-bond acceptors (Lipinski definition) is 2. The van der Waals surface area contributed by atoms with Crippen LogP contribution in [0.15, 0.2) is 12.3 Å². The highest BCUT2D eigenvalue weighted by Crippen LogP contribution is 1.56. The Kier molecular flexibility index (Phi) is 3.15. The molecule has 0 radical (unpaired) electrons. The van der Waals surface area contributed by atoms with Crippen LogP contribution in [0.1, 0.15) is 0 Å².